The van der Waals surface area contributed by atoms with E-state index in [2.05, 4.69) is 19.1 Å². The van der Waals surface area contributed by atoms with Crippen LogP contribution in [-0.2, 0) is 9.53 Å². The van der Waals surface area contributed by atoms with Crippen LogP contribution in [-0.4, -0.2) is 34.3 Å². The minimum atomic E-state index is -0.454. The SMILES string of the molecule is CCCCC[C@@H](O)c1ccc([C@@H]2[C@@H](C/C=C/CCCC(=O)OCCC)[C@H](Cl)C[C@H]2O)cc1. The topological polar surface area (TPSA) is 66.8 Å². The first-order chi connectivity index (χ1) is 15.5. The van der Waals surface area contributed by atoms with E-state index >= 15 is 0 Å². The second-order valence-corrected chi connectivity index (χ2v) is 9.57. The number of hydrogen-bond donors (Lipinski definition) is 2. The lowest BCUT2D eigenvalue weighted by molar-refractivity contribution is -0.143. The van der Waals surface area contributed by atoms with Crippen molar-refractivity contribution in [2.75, 3.05) is 6.61 Å². The van der Waals surface area contributed by atoms with Crippen LogP contribution < -0.4 is 0 Å². The Morgan fingerprint density at radius 1 is 1.16 bits per heavy atom. The minimum absolute atomic E-state index is 0.00236. The summed E-state index contributed by atoms with van der Waals surface area (Å²) in [4.78, 5) is 11.5. The van der Waals surface area contributed by atoms with Gasteiger partial charge in [-0.3, -0.25) is 4.79 Å². The predicted molar refractivity (Wildman–Crippen MR) is 131 cm³/mol. The summed E-state index contributed by atoms with van der Waals surface area (Å²) in [5.41, 5.74) is 2.02. The van der Waals surface area contributed by atoms with Crippen molar-refractivity contribution in [3.63, 3.8) is 0 Å². The Morgan fingerprint density at radius 2 is 1.91 bits per heavy atom. The van der Waals surface area contributed by atoms with Gasteiger partial charge in [0, 0.05) is 17.7 Å². The average Bonchev–Trinajstić information content (AvgIpc) is 3.07. The van der Waals surface area contributed by atoms with Crippen LogP contribution in [0.1, 0.15) is 101 Å². The van der Waals surface area contributed by atoms with Gasteiger partial charge < -0.3 is 14.9 Å². The molecule has 1 aliphatic rings. The molecule has 0 saturated heterocycles. The molecule has 0 radical (unpaired) electrons. The highest BCUT2D eigenvalue weighted by molar-refractivity contribution is 6.21. The lowest BCUT2D eigenvalue weighted by atomic mass is 9.84. The normalized spacial score (nSPS) is 24.2. The molecule has 0 aromatic heterocycles. The monoisotopic (exact) mass is 464 g/mol. The molecule has 2 rings (SSSR count). The highest BCUT2D eigenvalue weighted by Gasteiger charge is 2.41. The number of ether oxygens (including phenoxy) is 1. The van der Waals surface area contributed by atoms with Gasteiger partial charge in [0.1, 0.15) is 0 Å². The fraction of sp³-hybridized carbons (Fsp3) is 0.667. The summed E-state index contributed by atoms with van der Waals surface area (Å²) in [6.07, 6.45) is 11.8. The third kappa shape index (κ3) is 8.53. The van der Waals surface area contributed by atoms with Crippen LogP contribution in [0.5, 0.6) is 0 Å². The summed E-state index contributed by atoms with van der Waals surface area (Å²) in [5, 5.41) is 21.0. The summed E-state index contributed by atoms with van der Waals surface area (Å²) in [5.74, 6) is 0.0363. The summed E-state index contributed by atoms with van der Waals surface area (Å²) in [6.45, 7) is 4.64. The standard InChI is InChI=1S/C27H41ClO4/c1-3-5-8-12-24(29)20-14-16-21(17-15-20)27-22(23(28)19-25(27)30)11-9-6-7-10-13-26(31)32-18-4-2/h6,9,14-17,22-25,27,29-30H,3-5,7-8,10-13,18-19H2,1-2H3/b9-6+/t22-,23+,24+,25+,27+/m0/s1. The number of halogens is 1. The molecule has 5 atom stereocenters. The van der Waals surface area contributed by atoms with E-state index in [1.54, 1.807) is 0 Å². The molecular formula is C27H41ClO4. The van der Waals surface area contributed by atoms with Crippen LogP contribution in [0.2, 0.25) is 0 Å². The Bertz CT molecular complexity index is 687. The van der Waals surface area contributed by atoms with E-state index in [0.29, 0.717) is 19.4 Å². The van der Waals surface area contributed by atoms with Crippen molar-refractivity contribution in [2.24, 2.45) is 5.92 Å². The van der Waals surface area contributed by atoms with Gasteiger partial charge in [0.15, 0.2) is 0 Å². The van der Waals surface area contributed by atoms with Gasteiger partial charge in [-0.15, -0.1) is 11.6 Å². The number of benzene rings is 1. The van der Waals surface area contributed by atoms with Gasteiger partial charge in [0.2, 0.25) is 0 Å². The molecule has 0 heterocycles. The van der Waals surface area contributed by atoms with Crippen LogP contribution in [0.4, 0.5) is 0 Å². The van der Waals surface area contributed by atoms with E-state index in [9.17, 15) is 15.0 Å². The van der Waals surface area contributed by atoms with E-state index in [1.165, 1.54) is 0 Å². The number of alkyl halides is 1. The number of aliphatic hydroxyl groups is 2. The fourth-order valence-electron chi connectivity index (χ4n) is 4.54. The fourth-order valence-corrected chi connectivity index (χ4v) is 4.99. The van der Waals surface area contributed by atoms with Gasteiger partial charge in [0.05, 0.1) is 18.8 Å². The molecule has 2 N–H and O–H groups in total. The van der Waals surface area contributed by atoms with E-state index in [0.717, 1.165) is 62.5 Å². The van der Waals surface area contributed by atoms with E-state index in [1.807, 2.05) is 31.2 Å². The molecule has 32 heavy (non-hydrogen) atoms. The third-order valence-electron chi connectivity index (χ3n) is 6.39. The number of carbonyl (C=O) groups excluding carboxylic acids is 1. The molecule has 0 spiro atoms. The lowest BCUT2D eigenvalue weighted by Gasteiger charge is -2.23. The van der Waals surface area contributed by atoms with Crippen molar-refractivity contribution in [3.05, 3.63) is 47.5 Å². The molecule has 4 nitrogen and oxygen atoms in total. The van der Waals surface area contributed by atoms with Crippen molar-refractivity contribution in [3.8, 4) is 0 Å². The minimum Gasteiger partial charge on any atom is -0.466 e. The van der Waals surface area contributed by atoms with Crippen molar-refractivity contribution in [1.29, 1.82) is 0 Å². The number of allylic oxidation sites excluding steroid dienone is 2. The van der Waals surface area contributed by atoms with Crippen molar-refractivity contribution in [1.82, 2.24) is 0 Å². The summed E-state index contributed by atoms with van der Waals surface area (Å²) in [7, 11) is 0. The zero-order valence-electron chi connectivity index (χ0n) is 19.7. The lowest BCUT2D eigenvalue weighted by Crippen LogP contribution is -2.18. The summed E-state index contributed by atoms with van der Waals surface area (Å²) >= 11 is 6.61. The van der Waals surface area contributed by atoms with Crippen LogP contribution >= 0.6 is 11.6 Å². The first-order valence-electron chi connectivity index (χ1n) is 12.4. The number of carbonyl (C=O) groups is 1. The number of unbranched alkanes of at least 4 members (excludes halogenated alkanes) is 3. The predicted octanol–water partition coefficient (Wildman–Crippen LogP) is 6.44. The highest BCUT2D eigenvalue weighted by atomic mass is 35.5. The van der Waals surface area contributed by atoms with Crippen LogP contribution in [0.3, 0.4) is 0 Å². The van der Waals surface area contributed by atoms with Gasteiger partial charge in [-0.25, -0.2) is 0 Å². The van der Waals surface area contributed by atoms with Gasteiger partial charge in [-0.05, 0) is 55.6 Å². The average molecular weight is 465 g/mol. The Balaban J connectivity index is 1.88. The Kier molecular flexibility index (Phi) is 12.4. The molecule has 0 amide bonds. The van der Waals surface area contributed by atoms with Gasteiger partial charge in [0.25, 0.3) is 0 Å². The maximum absolute atomic E-state index is 11.5. The molecule has 1 aromatic rings. The molecular weight excluding hydrogens is 424 g/mol. The van der Waals surface area contributed by atoms with E-state index < -0.39 is 12.2 Å². The van der Waals surface area contributed by atoms with Gasteiger partial charge in [-0.1, -0.05) is 69.5 Å². The number of aliphatic hydroxyl groups excluding tert-OH is 2. The summed E-state index contributed by atoms with van der Waals surface area (Å²) < 4.78 is 5.09. The van der Waals surface area contributed by atoms with Crippen molar-refractivity contribution >= 4 is 17.6 Å². The molecule has 1 saturated carbocycles. The molecule has 1 aliphatic carbocycles. The molecule has 0 unspecified atom stereocenters. The van der Waals surface area contributed by atoms with Gasteiger partial charge >= 0.3 is 5.97 Å². The molecule has 1 fully saturated rings. The first kappa shape index (κ1) is 26.9. The van der Waals surface area contributed by atoms with E-state index in [-0.39, 0.29) is 23.2 Å². The smallest absolute Gasteiger partial charge is 0.305 e. The largest absolute Gasteiger partial charge is 0.466 e. The highest BCUT2D eigenvalue weighted by Crippen LogP contribution is 2.45. The van der Waals surface area contributed by atoms with Crippen LogP contribution in [0.25, 0.3) is 0 Å². The van der Waals surface area contributed by atoms with Crippen LogP contribution in [0.15, 0.2) is 36.4 Å². The van der Waals surface area contributed by atoms with E-state index in [4.69, 9.17) is 16.3 Å². The molecule has 180 valence electrons. The second kappa shape index (κ2) is 14.7. The number of rotatable bonds is 14. The second-order valence-electron chi connectivity index (χ2n) is 9.01. The van der Waals surface area contributed by atoms with Crippen LogP contribution in [0, 0.1) is 5.92 Å². The molecule has 1 aromatic carbocycles. The first-order valence-corrected chi connectivity index (χ1v) is 12.8. The number of esters is 1. The molecule has 0 bridgehead atoms. The Morgan fingerprint density at radius 3 is 2.59 bits per heavy atom. The quantitative estimate of drug-likeness (QED) is 0.144. The third-order valence-corrected chi connectivity index (χ3v) is 6.89. The maximum atomic E-state index is 11.5. The van der Waals surface area contributed by atoms with Gasteiger partial charge in [-0.2, -0.15) is 0 Å². The van der Waals surface area contributed by atoms with Crippen molar-refractivity contribution < 1.29 is 19.7 Å². The Hall–Kier alpha value is -1.36. The van der Waals surface area contributed by atoms with Crippen molar-refractivity contribution in [2.45, 2.75) is 102 Å². The Labute approximate surface area is 199 Å². The maximum Gasteiger partial charge on any atom is 0.305 e. The molecule has 5 heteroatoms. The molecule has 0 aliphatic heterocycles. The zero-order valence-corrected chi connectivity index (χ0v) is 20.5. The number of hydrogen-bond acceptors (Lipinski definition) is 4. The summed E-state index contributed by atoms with van der Waals surface area (Å²) in [6, 6.07) is 8.06. The zero-order chi connectivity index (χ0) is 23.3.